The van der Waals surface area contributed by atoms with Gasteiger partial charge < -0.3 is 9.88 Å². The monoisotopic (exact) mass is 211 g/mol. The molecule has 5 nitrogen and oxygen atoms in total. The molecular weight excluding hydrogens is 194 g/mol. The van der Waals surface area contributed by atoms with Gasteiger partial charge in [-0.2, -0.15) is 0 Å². The van der Waals surface area contributed by atoms with E-state index < -0.39 is 11.2 Å². The quantitative estimate of drug-likeness (QED) is 0.723. The summed E-state index contributed by atoms with van der Waals surface area (Å²) in [5.74, 6) is 0. The van der Waals surface area contributed by atoms with E-state index in [-0.39, 0.29) is 0 Å². The molecule has 1 aromatic rings. The Labute approximate surface area is 88.5 Å². The summed E-state index contributed by atoms with van der Waals surface area (Å²) in [6.07, 6.45) is 3.08. The van der Waals surface area contributed by atoms with Gasteiger partial charge in [0.1, 0.15) is 5.69 Å². The molecule has 0 bridgehead atoms. The third-order valence-corrected chi connectivity index (χ3v) is 1.55. The maximum Gasteiger partial charge on any atom is 0.328 e. The maximum atomic E-state index is 11.1. The second-order valence-electron chi connectivity index (χ2n) is 2.58. The topological polar surface area (TPSA) is 66.9 Å². The normalized spacial score (nSPS) is 8.73. The molecule has 0 fully saturated rings. The molecule has 0 amide bonds. The third-order valence-electron chi connectivity index (χ3n) is 1.55. The van der Waals surface area contributed by atoms with Crippen LogP contribution in [0.3, 0.4) is 0 Å². The second kappa shape index (κ2) is 6.64. The first-order chi connectivity index (χ1) is 7.15. The molecule has 0 aromatic carbocycles. The Morgan fingerprint density at radius 2 is 2.13 bits per heavy atom. The largest absolute Gasteiger partial charge is 0.376 e. The van der Waals surface area contributed by atoms with Crippen molar-refractivity contribution in [2.75, 3.05) is 11.9 Å². The number of nitrogens with one attached hydrogen (secondary N) is 2. The van der Waals surface area contributed by atoms with Crippen molar-refractivity contribution in [2.24, 2.45) is 7.05 Å². The Hall–Kier alpha value is -1.78. The first kappa shape index (κ1) is 13.2. The van der Waals surface area contributed by atoms with Crippen LogP contribution in [0.25, 0.3) is 0 Å². The molecule has 84 valence electrons. The lowest BCUT2D eigenvalue weighted by molar-refractivity contribution is 0.801. The smallest absolute Gasteiger partial charge is 0.328 e. The van der Waals surface area contributed by atoms with Crippen LogP contribution in [0.15, 0.2) is 28.4 Å². The van der Waals surface area contributed by atoms with E-state index in [0.29, 0.717) is 12.2 Å². The van der Waals surface area contributed by atoms with E-state index in [4.69, 9.17) is 0 Å². The highest BCUT2D eigenvalue weighted by Crippen LogP contribution is 1.92. The molecule has 0 spiro atoms. The molecule has 0 unspecified atom stereocenters. The number of aromatic nitrogens is 2. The van der Waals surface area contributed by atoms with Crippen molar-refractivity contribution in [3.8, 4) is 0 Å². The summed E-state index contributed by atoms with van der Waals surface area (Å²) < 4.78 is 1.30. The lowest BCUT2D eigenvalue weighted by Gasteiger charge is -2.02. The van der Waals surface area contributed by atoms with Gasteiger partial charge in [-0.25, -0.2) is 4.79 Å². The average Bonchev–Trinajstić information content (AvgIpc) is 2.24. The predicted octanol–water partition coefficient (Wildman–Crippen LogP) is 0.698. The number of hydrogen-bond donors (Lipinski definition) is 2. The average molecular weight is 211 g/mol. The number of anilines is 1. The summed E-state index contributed by atoms with van der Waals surface area (Å²) in [7, 11) is 1.57. The molecule has 0 aliphatic heterocycles. The lowest BCUT2D eigenvalue weighted by atomic mass is 10.5. The van der Waals surface area contributed by atoms with E-state index in [9.17, 15) is 9.59 Å². The van der Waals surface area contributed by atoms with Gasteiger partial charge in [0, 0.05) is 19.8 Å². The Bertz CT molecular complexity index is 417. The fraction of sp³-hybridized carbons (Fsp3) is 0.400. The van der Waals surface area contributed by atoms with Crippen molar-refractivity contribution in [1.29, 1.82) is 0 Å². The zero-order valence-electron chi connectivity index (χ0n) is 9.33. The van der Waals surface area contributed by atoms with Gasteiger partial charge in [0.2, 0.25) is 0 Å². The first-order valence-electron chi connectivity index (χ1n) is 4.80. The number of H-pyrrole nitrogens is 1. The molecule has 0 radical (unpaired) electrons. The fourth-order valence-corrected chi connectivity index (χ4v) is 0.872. The van der Waals surface area contributed by atoms with Crippen molar-refractivity contribution >= 4 is 5.69 Å². The van der Waals surface area contributed by atoms with Gasteiger partial charge in [0.15, 0.2) is 0 Å². The fourth-order valence-electron chi connectivity index (χ4n) is 0.872. The van der Waals surface area contributed by atoms with E-state index in [0.717, 1.165) is 0 Å². The first-order valence-corrected chi connectivity index (χ1v) is 4.80. The zero-order valence-corrected chi connectivity index (χ0v) is 9.33. The molecule has 0 aliphatic carbocycles. The molecule has 1 aromatic heterocycles. The second-order valence-corrected chi connectivity index (χ2v) is 2.58. The van der Waals surface area contributed by atoms with Gasteiger partial charge in [0.25, 0.3) is 5.56 Å². The summed E-state index contributed by atoms with van der Waals surface area (Å²) in [6.45, 7) is 7.99. The predicted molar refractivity (Wildman–Crippen MR) is 62.3 cm³/mol. The van der Waals surface area contributed by atoms with Gasteiger partial charge in [-0.1, -0.05) is 19.9 Å². The van der Waals surface area contributed by atoms with Crippen LogP contribution in [-0.4, -0.2) is 16.1 Å². The minimum Gasteiger partial charge on any atom is -0.376 e. The minimum absolute atomic E-state index is 0.363. The highest BCUT2D eigenvalue weighted by molar-refractivity contribution is 5.38. The maximum absolute atomic E-state index is 11.1. The summed E-state index contributed by atoms with van der Waals surface area (Å²) in [4.78, 5) is 24.2. The Morgan fingerprint density at radius 1 is 1.53 bits per heavy atom. The van der Waals surface area contributed by atoms with Gasteiger partial charge in [-0.05, 0) is 0 Å². The van der Waals surface area contributed by atoms with Gasteiger partial charge in [-0.15, -0.1) is 6.58 Å². The summed E-state index contributed by atoms with van der Waals surface area (Å²) in [5, 5.41) is 2.81. The summed E-state index contributed by atoms with van der Waals surface area (Å²) in [5.41, 5.74) is -0.471. The number of aromatic amines is 1. The van der Waals surface area contributed by atoms with Crippen LogP contribution in [-0.2, 0) is 7.05 Å². The highest BCUT2D eigenvalue weighted by Gasteiger charge is 1.99. The summed E-state index contributed by atoms with van der Waals surface area (Å²) in [6, 6.07) is 0. The van der Waals surface area contributed by atoms with Gasteiger partial charge in [0.05, 0.1) is 0 Å². The molecule has 1 heterocycles. The molecule has 2 N–H and O–H groups in total. The van der Waals surface area contributed by atoms with E-state index in [1.807, 2.05) is 13.8 Å². The number of nitrogens with zero attached hydrogens (tertiary/aromatic N) is 1. The SMILES string of the molecule is C=CCNc1cn(C)c(=O)[nH]c1=O.CC. The van der Waals surface area contributed by atoms with Gasteiger partial charge >= 0.3 is 5.69 Å². The number of hydrogen-bond acceptors (Lipinski definition) is 3. The standard InChI is InChI=1S/C8H11N3O2.C2H6/c1-3-4-9-6-5-11(2)8(13)10-7(6)12;1-2/h3,5,9H,1,4H2,2H3,(H,10,12,13);1-2H3. The Morgan fingerprint density at radius 3 is 2.67 bits per heavy atom. The van der Waals surface area contributed by atoms with E-state index >= 15 is 0 Å². The summed E-state index contributed by atoms with van der Waals surface area (Å²) >= 11 is 0. The molecule has 0 saturated heterocycles. The van der Waals surface area contributed by atoms with E-state index in [2.05, 4.69) is 16.9 Å². The third kappa shape index (κ3) is 3.84. The molecule has 0 aliphatic rings. The highest BCUT2D eigenvalue weighted by atomic mass is 16.2. The molecule has 1 rings (SSSR count). The van der Waals surface area contributed by atoms with Crippen molar-refractivity contribution in [3.05, 3.63) is 39.7 Å². The van der Waals surface area contributed by atoms with Crippen LogP contribution in [0, 0.1) is 0 Å². The van der Waals surface area contributed by atoms with Gasteiger partial charge in [-0.3, -0.25) is 9.78 Å². The Kier molecular flexibility index (Phi) is 5.85. The minimum atomic E-state index is -0.422. The van der Waals surface area contributed by atoms with Crippen LogP contribution < -0.4 is 16.6 Å². The Balaban J connectivity index is 0.000000921. The molecular formula is C10H17N3O2. The zero-order chi connectivity index (χ0) is 11.8. The molecule has 0 saturated carbocycles. The number of aryl methyl sites for hydroxylation is 1. The van der Waals surface area contributed by atoms with Crippen molar-refractivity contribution < 1.29 is 0 Å². The van der Waals surface area contributed by atoms with Crippen LogP contribution in [0.1, 0.15) is 13.8 Å². The van der Waals surface area contributed by atoms with Crippen LogP contribution in [0.2, 0.25) is 0 Å². The lowest BCUT2D eigenvalue weighted by Crippen LogP contribution is -2.29. The van der Waals surface area contributed by atoms with Crippen molar-refractivity contribution in [2.45, 2.75) is 13.8 Å². The van der Waals surface area contributed by atoms with Crippen molar-refractivity contribution in [3.63, 3.8) is 0 Å². The molecule has 15 heavy (non-hydrogen) atoms. The molecule has 0 atom stereocenters. The van der Waals surface area contributed by atoms with E-state index in [1.165, 1.54) is 10.8 Å². The van der Waals surface area contributed by atoms with Crippen LogP contribution in [0.4, 0.5) is 5.69 Å². The van der Waals surface area contributed by atoms with Crippen molar-refractivity contribution in [1.82, 2.24) is 9.55 Å². The number of rotatable bonds is 3. The molecule has 5 heteroatoms. The van der Waals surface area contributed by atoms with Crippen LogP contribution >= 0.6 is 0 Å². The van der Waals surface area contributed by atoms with Crippen LogP contribution in [0.5, 0.6) is 0 Å². The van der Waals surface area contributed by atoms with E-state index in [1.54, 1.807) is 13.1 Å².